The zero-order valence-corrected chi connectivity index (χ0v) is 10.6. The lowest BCUT2D eigenvalue weighted by Gasteiger charge is -2.16. The standard InChI is InChI=1S/C13H19N3O2/c1-16(6-5-14)9-10-2-3-12-11(8-10)15-13(17)4-7-18-12/h2-3,8H,4-7,9,14H2,1H3,(H,15,17). The van der Waals surface area contributed by atoms with Crippen LogP contribution >= 0.6 is 0 Å². The van der Waals surface area contributed by atoms with Crippen LogP contribution in [0.4, 0.5) is 5.69 Å². The van der Waals surface area contributed by atoms with Gasteiger partial charge in [-0.25, -0.2) is 0 Å². The van der Waals surface area contributed by atoms with E-state index in [-0.39, 0.29) is 5.91 Å². The van der Waals surface area contributed by atoms with Crippen LogP contribution in [0.5, 0.6) is 5.75 Å². The minimum atomic E-state index is 0.00112. The van der Waals surface area contributed by atoms with Gasteiger partial charge < -0.3 is 20.7 Å². The van der Waals surface area contributed by atoms with Crippen molar-refractivity contribution in [2.45, 2.75) is 13.0 Å². The SMILES string of the molecule is CN(CCN)Cc1ccc2c(c1)NC(=O)CCO2. The van der Waals surface area contributed by atoms with Gasteiger partial charge in [0.1, 0.15) is 5.75 Å². The van der Waals surface area contributed by atoms with Crippen LogP contribution in [0.3, 0.4) is 0 Å². The molecule has 1 heterocycles. The second kappa shape index (κ2) is 5.84. The fourth-order valence-electron chi connectivity index (χ4n) is 1.98. The molecule has 18 heavy (non-hydrogen) atoms. The van der Waals surface area contributed by atoms with Crippen LogP contribution in [-0.2, 0) is 11.3 Å². The number of carbonyl (C=O) groups is 1. The summed E-state index contributed by atoms with van der Waals surface area (Å²) in [5, 5.41) is 2.86. The van der Waals surface area contributed by atoms with Gasteiger partial charge in [-0.2, -0.15) is 0 Å². The third-order valence-electron chi connectivity index (χ3n) is 2.87. The van der Waals surface area contributed by atoms with Crippen molar-refractivity contribution in [1.82, 2.24) is 4.90 Å². The molecule has 5 nitrogen and oxygen atoms in total. The first-order valence-corrected chi connectivity index (χ1v) is 6.13. The number of anilines is 1. The van der Waals surface area contributed by atoms with E-state index in [1.807, 2.05) is 25.2 Å². The molecule has 0 unspecified atom stereocenters. The van der Waals surface area contributed by atoms with Crippen LogP contribution in [0, 0.1) is 0 Å². The first-order valence-electron chi connectivity index (χ1n) is 6.13. The number of hydrogen-bond donors (Lipinski definition) is 2. The molecule has 0 saturated heterocycles. The molecular formula is C13H19N3O2. The highest BCUT2D eigenvalue weighted by Gasteiger charge is 2.14. The Balaban J connectivity index is 2.13. The van der Waals surface area contributed by atoms with E-state index in [1.165, 1.54) is 0 Å². The maximum Gasteiger partial charge on any atom is 0.227 e. The Bertz CT molecular complexity index is 434. The minimum absolute atomic E-state index is 0.00112. The molecule has 0 saturated carbocycles. The summed E-state index contributed by atoms with van der Waals surface area (Å²) in [5.74, 6) is 0.743. The summed E-state index contributed by atoms with van der Waals surface area (Å²) in [7, 11) is 2.02. The summed E-state index contributed by atoms with van der Waals surface area (Å²) in [6, 6.07) is 5.89. The largest absolute Gasteiger partial charge is 0.491 e. The Hall–Kier alpha value is -1.59. The van der Waals surface area contributed by atoms with Gasteiger partial charge in [-0.1, -0.05) is 6.07 Å². The number of ether oxygens (including phenoxy) is 1. The fraction of sp³-hybridized carbons (Fsp3) is 0.462. The number of amides is 1. The van der Waals surface area contributed by atoms with Gasteiger partial charge in [0.2, 0.25) is 5.91 Å². The number of hydrogen-bond acceptors (Lipinski definition) is 4. The maximum absolute atomic E-state index is 11.5. The van der Waals surface area contributed by atoms with Gasteiger partial charge in [-0.3, -0.25) is 4.79 Å². The number of rotatable bonds is 4. The van der Waals surface area contributed by atoms with Crippen molar-refractivity contribution in [3.05, 3.63) is 23.8 Å². The van der Waals surface area contributed by atoms with Gasteiger partial charge in [0.15, 0.2) is 0 Å². The lowest BCUT2D eigenvalue weighted by atomic mass is 10.1. The first-order chi connectivity index (χ1) is 8.69. The molecule has 98 valence electrons. The maximum atomic E-state index is 11.5. The van der Waals surface area contributed by atoms with Crippen LogP contribution in [0.2, 0.25) is 0 Å². The third kappa shape index (κ3) is 3.21. The van der Waals surface area contributed by atoms with Crippen LogP contribution in [0.15, 0.2) is 18.2 Å². The second-order valence-corrected chi connectivity index (χ2v) is 4.50. The summed E-state index contributed by atoms with van der Waals surface area (Å²) in [6.45, 7) is 2.73. The van der Waals surface area contributed by atoms with Crippen molar-refractivity contribution in [2.75, 3.05) is 32.1 Å². The summed E-state index contributed by atoms with van der Waals surface area (Å²) >= 11 is 0. The molecule has 0 radical (unpaired) electrons. The number of nitrogens with zero attached hydrogens (tertiary/aromatic N) is 1. The van der Waals surface area contributed by atoms with Gasteiger partial charge in [-0.15, -0.1) is 0 Å². The van der Waals surface area contributed by atoms with E-state index < -0.39 is 0 Å². The van der Waals surface area contributed by atoms with E-state index in [1.54, 1.807) is 0 Å². The van der Waals surface area contributed by atoms with Gasteiger partial charge in [0.05, 0.1) is 18.7 Å². The smallest absolute Gasteiger partial charge is 0.227 e. The summed E-state index contributed by atoms with van der Waals surface area (Å²) in [4.78, 5) is 13.6. The Labute approximate surface area is 107 Å². The highest BCUT2D eigenvalue weighted by Crippen LogP contribution is 2.28. The van der Waals surface area contributed by atoms with Gasteiger partial charge in [0.25, 0.3) is 0 Å². The minimum Gasteiger partial charge on any atom is -0.491 e. The predicted molar refractivity (Wildman–Crippen MR) is 70.6 cm³/mol. The Morgan fingerprint density at radius 2 is 2.33 bits per heavy atom. The van der Waals surface area contributed by atoms with Crippen LogP contribution in [0.25, 0.3) is 0 Å². The Morgan fingerprint density at radius 3 is 3.11 bits per heavy atom. The highest BCUT2D eigenvalue weighted by molar-refractivity contribution is 5.93. The lowest BCUT2D eigenvalue weighted by molar-refractivity contribution is -0.116. The summed E-state index contributed by atoms with van der Waals surface area (Å²) in [6.07, 6.45) is 0.400. The van der Waals surface area contributed by atoms with Crippen molar-refractivity contribution < 1.29 is 9.53 Å². The number of fused-ring (bicyclic) bond motifs is 1. The summed E-state index contributed by atoms with van der Waals surface area (Å²) < 4.78 is 5.51. The van der Waals surface area contributed by atoms with Crippen molar-refractivity contribution in [3.8, 4) is 5.75 Å². The van der Waals surface area contributed by atoms with Crippen LogP contribution in [0.1, 0.15) is 12.0 Å². The Kier molecular flexibility index (Phi) is 4.17. The van der Waals surface area contributed by atoms with E-state index in [0.717, 1.165) is 30.1 Å². The lowest BCUT2D eigenvalue weighted by Crippen LogP contribution is -2.25. The molecule has 1 aromatic carbocycles. The molecule has 2 rings (SSSR count). The molecule has 0 aromatic heterocycles. The van der Waals surface area contributed by atoms with E-state index in [9.17, 15) is 4.79 Å². The quantitative estimate of drug-likeness (QED) is 0.828. The summed E-state index contributed by atoms with van der Waals surface area (Å²) in [5.41, 5.74) is 7.41. The number of carbonyl (C=O) groups excluding carboxylic acids is 1. The van der Waals surface area contributed by atoms with E-state index in [0.29, 0.717) is 19.6 Å². The van der Waals surface area contributed by atoms with E-state index in [2.05, 4.69) is 10.2 Å². The predicted octanol–water partition coefficient (Wildman–Crippen LogP) is 0.798. The van der Waals surface area contributed by atoms with Gasteiger partial charge in [-0.05, 0) is 24.7 Å². The average molecular weight is 249 g/mol. The van der Waals surface area contributed by atoms with Crippen LogP contribution in [-0.4, -0.2) is 37.6 Å². The van der Waals surface area contributed by atoms with Crippen molar-refractivity contribution in [3.63, 3.8) is 0 Å². The normalized spacial score (nSPS) is 14.7. The molecule has 1 amide bonds. The van der Waals surface area contributed by atoms with Gasteiger partial charge in [0, 0.05) is 19.6 Å². The molecule has 0 aliphatic carbocycles. The van der Waals surface area contributed by atoms with E-state index >= 15 is 0 Å². The molecule has 1 aliphatic heterocycles. The van der Waals surface area contributed by atoms with E-state index in [4.69, 9.17) is 10.5 Å². The first kappa shape index (κ1) is 12.9. The number of likely N-dealkylation sites (N-methyl/N-ethyl adjacent to an activating group) is 1. The molecular weight excluding hydrogens is 230 g/mol. The molecule has 3 N–H and O–H groups in total. The van der Waals surface area contributed by atoms with Crippen molar-refractivity contribution in [2.24, 2.45) is 5.73 Å². The number of benzene rings is 1. The Morgan fingerprint density at radius 1 is 1.50 bits per heavy atom. The zero-order valence-electron chi connectivity index (χ0n) is 10.6. The zero-order chi connectivity index (χ0) is 13.0. The molecule has 0 atom stereocenters. The molecule has 0 spiro atoms. The third-order valence-corrected chi connectivity index (χ3v) is 2.87. The van der Waals surface area contributed by atoms with Crippen molar-refractivity contribution >= 4 is 11.6 Å². The number of nitrogens with one attached hydrogen (secondary N) is 1. The molecule has 1 aliphatic rings. The molecule has 5 heteroatoms. The molecule has 0 fully saturated rings. The second-order valence-electron chi connectivity index (χ2n) is 4.50. The van der Waals surface area contributed by atoms with Crippen molar-refractivity contribution in [1.29, 1.82) is 0 Å². The number of nitrogens with two attached hydrogens (primary N) is 1. The molecule has 1 aromatic rings. The monoisotopic (exact) mass is 249 g/mol. The van der Waals surface area contributed by atoms with Gasteiger partial charge >= 0.3 is 0 Å². The highest BCUT2D eigenvalue weighted by atomic mass is 16.5. The fourth-order valence-corrected chi connectivity index (χ4v) is 1.98. The molecule has 0 bridgehead atoms. The van der Waals surface area contributed by atoms with Crippen LogP contribution < -0.4 is 15.8 Å². The topological polar surface area (TPSA) is 67.6 Å². The average Bonchev–Trinajstić information content (AvgIpc) is 2.49.